The molecule has 2 rings (SSSR count). The quantitative estimate of drug-likeness (QED) is 0.772. The van der Waals surface area contributed by atoms with Crippen molar-refractivity contribution in [1.29, 1.82) is 0 Å². The molecule has 0 aliphatic carbocycles. The number of anilines is 1. The van der Waals surface area contributed by atoms with Gasteiger partial charge in [0.15, 0.2) is 9.84 Å². The van der Waals surface area contributed by atoms with Gasteiger partial charge in [-0.1, -0.05) is 6.07 Å². The fourth-order valence-electron chi connectivity index (χ4n) is 2.16. The second-order valence-electron chi connectivity index (χ2n) is 5.08. The molecular weight excluding hydrogens is 288 g/mol. The van der Waals surface area contributed by atoms with E-state index in [4.69, 9.17) is 5.73 Å². The summed E-state index contributed by atoms with van der Waals surface area (Å²) < 4.78 is 49.8. The fourth-order valence-corrected chi connectivity index (χ4v) is 5.83. The van der Waals surface area contributed by atoms with Crippen molar-refractivity contribution in [3.05, 3.63) is 24.3 Å². The predicted octanol–water partition coefficient (Wildman–Crippen LogP) is 0.124. The average Bonchev–Trinajstić information content (AvgIpc) is 2.51. The normalized spacial score (nSPS) is 26.4. The molecule has 1 saturated heterocycles. The van der Waals surface area contributed by atoms with Gasteiger partial charge in [-0.3, -0.25) is 0 Å². The molecule has 1 atom stereocenters. The summed E-state index contributed by atoms with van der Waals surface area (Å²) in [5.74, 6) is -0.176. The summed E-state index contributed by atoms with van der Waals surface area (Å²) in [6.45, 7) is 1.60. The number of nitrogens with two attached hydrogens (primary N) is 1. The molecule has 0 aromatic heterocycles. The maximum atomic E-state index is 12.2. The summed E-state index contributed by atoms with van der Waals surface area (Å²) in [4.78, 5) is 0.0398. The molecule has 19 heavy (non-hydrogen) atoms. The number of hydrogen-bond acceptors (Lipinski definition) is 5. The molecule has 1 unspecified atom stereocenters. The highest BCUT2D eigenvalue weighted by atomic mass is 32.2. The van der Waals surface area contributed by atoms with E-state index >= 15 is 0 Å². The SMILES string of the molecule is CC1(NS(=O)(=O)c2cccc(N)c2)CCS(=O)(=O)C1. The average molecular weight is 304 g/mol. The van der Waals surface area contributed by atoms with Crippen LogP contribution in [0.4, 0.5) is 5.69 Å². The Bertz CT molecular complexity index is 697. The number of nitrogen functional groups attached to an aromatic ring is 1. The Morgan fingerprint density at radius 1 is 1.37 bits per heavy atom. The van der Waals surface area contributed by atoms with Gasteiger partial charge < -0.3 is 5.73 Å². The van der Waals surface area contributed by atoms with Gasteiger partial charge in [0, 0.05) is 11.2 Å². The van der Waals surface area contributed by atoms with Crippen LogP contribution in [-0.4, -0.2) is 33.9 Å². The third-order valence-electron chi connectivity index (χ3n) is 3.05. The van der Waals surface area contributed by atoms with Crippen LogP contribution in [0.3, 0.4) is 0 Å². The molecule has 1 aliphatic heterocycles. The van der Waals surface area contributed by atoms with Gasteiger partial charge >= 0.3 is 0 Å². The highest BCUT2D eigenvalue weighted by Gasteiger charge is 2.41. The molecule has 8 heteroatoms. The molecule has 1 heterocycles. The van der Waals surface area contributed by atoms with Crippen LogP contribution < -0.4 is 10.5 Å². The van der Waals surface area contributed by atoms with Gasteiger partial charge in [-0.25, -0.2) is 21.6 Å². The first-order valence-corrected chi connectivity index (χ1v) is 9.02. The highest BCUT2D eigenvalue weighted by Crippen LogP contribution is 2.25. The largest absolute Gasteiger partial charge is 0.399 e. The van der Waals surface area contributed by atoms with Crippen LogP contribution in [0.2, 0.25) is 0 Å². The Labute approximate surface area is 113 Å². The minimum Gasteiger partial charge on any atom is -0.399 e. The number of sulfonamides is 1. The molecule has 1 fully saturated rings. The molecule has 1 aliphatic rings. The van der Waals surface area contributed by atoms with Crippen molar-refractivity contribution >= 4 is 25.5 Å². The van der Waals surface area contributed by atoms with Crippen LogP contribution in [0.5, 0.6) is 0 Å². The van der Waals surface area contributed by atoms with Gasteiger partial charge in [0.05, 0.1) is 16.4 Å². The third-order valence-corrected chi connectivity index (χ3v) is 6.59. The Hall–Kier alpha value is -1.12. The molecule has 1 aromatic carbocycles. The van der Waals surface area contributed by atoms with E-state index in [9.17, 15) is 16.8 Å². The lowest BCUT2D eigenvalue weighted by molar-refractivity contribution is 0.462. The zero-order valence-electron chi connectivity index (χ0n) is 10.5. The highest BCUT2D eigenvalue weighted by molar-refractivity contribution is 7.92. The lowest BCUT2D eigenvalue weighted by Crippen LogP contribution is -2.46. The lowest BCUT2D eigenvalue weighted by atomic mass is 10.0. The van der Waals surface area contributed by atoms with Crippen LogP contribution in [0.15, 0.2) is 29.2 Å². The van der Waals surface area contributed by atoms with E-state index in [1.807, 2.05) is 0 Å². The maximum Gasteiger partial charge on any atom is 0.241 e. The van der Waals surface area contributed by atoms with E-state index < -0.39 is 25.4 Å². The number of rotatable bonds is 3. The van der Waals surface area contributed by atoms with Crippen LogP contribution in [0.25, 0.3) is 0 Å². The predicted molar refractivity (Wildman–Crippen MR) is 72.9 cm³/mol. The van der Waals surface area contributed by atoms with E-state index in [0.717, 1.165) is 0 Å². The van der Waals surface area contributed by atoms with Crippen molar-refractivity contribution in [3.8, 4) is 0 Å². The van der Waals surface area contributed by atoms with Crippen molar-refractivity contribution in [2.75, 3.05) is 17.2 Å². The second-order valence-corrected chi connectivity index (χ2v) is 8.95. The monoisotopic (exact) mass is 304 g/mol. The van der Waals surface area contributed by atoms with E-state index in [2.05, 4.69) is 4.72 Å². The van der Waals surface area contributed by atoms with E-state index in [-0.39, 0.29) is 22.8 Å². The minimum atomic E-state index is -3.77. The first kappa shape index (κ1) is 14.3. The number of sulfone groups is 1. The van der Waals surface area contributed by atoms with Crippen molar-refractivity contribution in [2.45, 2.75) is 23.8 Å². The number of benzene rings is 1. The summed E-state index contributed by atoms with van der Waals surface area (Å²) in [6, 6.07) is 5.89. The van der Waals surface area contributed by atoms with Crippen LogP contribution in [-0.2, 0) is 19.9 Å². The third kappa shape index (κ3) is 3.26. The topological polar surface area (TPSA) is 106 Å². The molecule has 106 valence electrons. The summed E-state index contributed by atoms with van der Waals surface area (Å²) in [7, 11) is -6.94. The zero-order valence-corrected chi connectivity index (χ0v) is 12.1. The van der Waals surface area contributed by atoms with Gasteiger partial charge in [0.1, 0.15) is 0 Å². The molecular formula is C11H16N2O4S2. The molecule has 6 nitrogen and oxygen atoms in total. The van der Waals surface area contributed by atoms with E-state index in [1.54, 1.807) is 13.0 Å². The fraction of sp³-hybridized carbons (Fsp3) is 0.455. The number of hydrogen-bond donors (Lipinski definition) is 2. The van der Waals surface area contributed by atoms with Crippen molar-refractivity contribution < 1.29 is 16.8 Å². The second kappa shape index (κ2) is 4.46. The first-order valence-electron chi connectivity index (χ1n) is 5.72. The lowest BCUT2D eigenvalue weighted by Gasteiger charge is -2.23. The molecule has 0 saturated carbocycles. The Morgan fingerprint density at radius 3 is 2.58 bits per heavy atom. The standard InChI is InChI=1S/C11H16N2O4S2/c1-11(5-6-18(14,15)8-11)13-19(16,17)10-4-2-3-9(12)7-10/h2-4,7,13H,5-6,8,12H2,1H3. The first-order chi connectivity index (χ1) is 8.62. The van der Waals surface area contributed by atoms with Crippen LogP contribution in [0, 0.1) is 0 Å². The Morgan fingerprint density at radius 2 is 2.05 bits per heavy atom. The van der Waals surface area contributed by atoms with Gasteiger partial charge in [-0.05, 0) is 31.5 Å². The minimum absolute atomic E-state index is 0.00293. The van der Waals surface area contributed by atoms with Gasteiger partial charge in [0.25, 0.3) is 0 Å². The van der Waals surface area contributed by atoms with Gasteiger partial charge in [0.2, 0.25) is 10.0 Å². The summed E-state index contributed by atoms with van der Waals surface area (Å²) >= 11 is 0. The summed E-state index contributed by atoms with van der Waals surface area (Å²) in [5.41, 5.74) is 4.94. The molecule has 0 amide bonds. The molecule has 0 bridgehead atoms. The molecule has 0 spiro atoms. The number of nitrogens with one attached hydrogen (secondary N) is 1. The van der Waals surface area contributed by atoms with Crippen molar-refractivity contribution in [1.82, 2.24) is 4.72 Å². The molecule has 1 aromatic rings. The Balaban J connectivity index is 2.28. The van der Waals surface area contributed by atoms with Crippen molar-refractivity contribution in [2.24, 2.45) is 0 Å². The van der Waals surface area contributed by atoms with Gasteiger partial charge in [-0.15, -0.1) is 0 Å². The van der Waals surface area contributed by atoms with Crippen LogP contribution in [0.1, 0.15) is 13.3 Å². The van der Waals surface area contributed by atoms with Gasteiger partial charge in [-0.2, -0.15) is 0 Å². The molecule has 0 radical (unpaired) electrons. The zero-order chi connectivity index (χ0) is 14.3. The maximum absolute atomic E-state index is 12.2. The van der Waals surface area contributed by atoms with Crippen molar-refractivity contribution in [3.63, 3.8) is 0 Å². The smallest absolute Gasteiger partial charge is 0.241 e. The summed E-state index contributed by atoms with van der Waals surface area (Å²) in [6.07, 6.45) is 0.275. The van der Waals surface area contributed by atoms with E-state index in [0.29, 0.717) is 5.69 Å². The van der Waals surface area contributed by atoms with Crippen LogP contribution >= 0.6 is 0 Å². The summed E-state index contributed by atoms with van der Waals surface area (Å²) in [5, 5.41) is 0. The molecule has 3 N–H and O–H groups in total. The van der Waals surface area contributed by atoms with E-state index in [1.165, 1.54) is 18.2 Å². The Kier molecular flexibility index (Phi) is 3.36.